The van der Waals surface area contributed by atoms with Crippen molar-refractivity contribution in [1.29, 1.82) is 0 Å². The SMILES string of the molecule is CCn1nc(C)c(C(=O)N(C)Cc2cc(C(=O)O)c(C)o2)c1C. The normalized spacial score (nSPS) is 10.8. The Labute approximate surface area is 134 Å². The fourth-order valence-electron chi connectivity index (χ4n) is 2.64. The van der Waals surface area contributed by atoms with Gasteiger partial charge in [0.1, 0.15) is 17.1 Å². The molecule has 1 N–H and O–H groups in total. The Morgan fingerprint density at radius 1 is 1.35 bits per heavy atom. The average Bonchev–Trinajstić information content (AvgIpc) is 2.98. The topological polar surface area (TPSA) is 88.6 Å². The fraction of sp³-hybridized carbons (Fsp3) is 0.438. The summed E-state index contributed by atoms with van der Waals surface area (Å²) in [5.41, 5.74) is 2.20. The molecule has 0 fully saturated rings. The molecule has 7 nitrogen and oxygen atoms in total. The van der Waals surface area contributed by atoms with Crippen LogP contribution in [-0.2, 0) is 13.1 Å². The van der Waals surface area contributed by atoms with Gasteiger partial charge < -0.3 is 14.4 Å². The van der Waals surface area contributed by atoms with E-state index in [1.807, 2.05) is 13.8 Å². The first-order chi connectivity index (χ1) is 10.8. The molecule has 0 aliphatic carbocycles. The third kappa shape index (κ3) is 3.13. The molecule has 0 saturated heterocycles. The molecular weight excluding hydrogens is 298 g/mol. The lowest BCUT2D eigenvalue weighted by Gasteiger charge is -2.16. The van der Waals surface area contributed by atoms with Gasteiger partial charge in [-0.3, -0.25) is 9.48 Å². The molecule has 2 aromatic heterocycles. The van der Waals surface area contributed by atoms with Gasteiger partial charge in [0.05, 0.1) is 17.8 Å². The molecule has 0 unspecified atom stereocenters. The lowest BCUT2D eigenvalue weighted by atomic mass is 10.1. The number of hydrogen-bond donors (Lipinski definition) is 1. The van der Waals surface area contributed by atoms with E-state index in [0.717, 1.165) is 5.69 Å². The fourth-order valence-corrected chi connectivity index (χ4v) is 2.64. The van der Waals surface area contributed by atoms with Crippen LogP contribution in [0.25, 0.3) is 0 Å². The van der Waals surface area contributed by atoms with Crippen LogP contribution in [0, 0.1) is 20.8 Å². The number of nitrogens with zero attached hydrogens (tertiary/aromatic N) is 3. The number of hydrogen-bond acceptors (Lipinski definition) is 4. The Morgan fingerprint density at radius 2 is 2.00 bits per heavy atom. The second-order valence-corrected chi connectivity index (χ2v) is 5.51. The number of furan rings is 1. The molecule has 2 aromatic rings. The molecular formula is C16H21N3O4. The van der Waals surface area contributed by atoms with E-state index in [9.17, 15) is 9.59 Å². The third-order valence-corrected chi connectivity index (χ3v) is 3.83. The molecule has 0 bridgehead atoms. The average molecular weight is 319 g/mol. The summed E-state index contributed by atoms with van der Waals surface area (Å²) in [4.78, 5) is 25.2. The minimum absolute atomic E-state index is 0.118. The summed E-state index contributed by atoms with van der Waals surface area (Å²) in [6.07, 6.45) is 0. The van der Waals surface area contributed by atoms with E-state index < -0.39 is 5.97 Å². The second-order valence-electron chi connectivity index (χ2n) is 5.51. The summed E-state index contributed by atoms with van der Waals surface area (Å²) >= 11 is 0. The molecule has 2 heterocycles. The number of carbonyl (C=O) groups is 2. The van der Waals surface area contributed by atoms with Crippen molar-refractivity contribution in [2.75, 3.05) is 7.05 Å². The van der Waals surface area contributed by atoms with E-state index in [1.165, 1.54) is 11.0 Å². The predicted molar refractivity (Wildman–Crippen MR) is 83.6 cm³/mol. The number of aromatic nitrogens is 2. The zero-order valence-corrected chi connectivity index (χ0v) is 14.0. The van der Waals surface area contributed by atoms with Gasteiger partial charge in [0.2, 0.25) is 0 Å². The van der Waals surface area contributed by atoms with Crippen LogP contribution >= 0.6 is 0 Å². The van der Waals surface area contributed by atoms with Crippen molar-refractivity contribution in [3.05, 3.63) is 40.1 Å². The first-order valence-electron chi connectivity index (χ1n) is 7.38. The summed E-state index contributed by atoms with van der Waals surface area (Å²) in [5, 5.41) is 13.4. The molecule has 2 rings (SSSR count). The highest BCUT2D eigenvalue weighted by atomic mass is 16.4. The van der Waals surface area contributed by atoms with Gasteiger partial charge in [-0.15, -0.1) is 0 Å². The molecule has 0 aromatic carbocycles. The molecule has 124 valence electrons. The Balaban J connectivity index is 2.22. The van der Waals surface area contributed by atoms with Gasteiger partial charge >= 0.3 is 5.97 Å². The van der Waals surface area contributed by atoms with Gasteiger partial charge in [-0.05, 0) is 33.8 Å². The van der Waals surface area contributed by atoms with Crippen LogP contribution in [0.1, 0.15) is 50.5 Å². The van der Waals surface area contributed by atoms with Crippen LogP contribution in [0.15, 0.2) is 10.5 Å². The number of carboxylic acid groups (broad SMARTS) is 1. The minimum Gasteiger partial charge on any atom is -0.478 e. The summed E-state index contributed by atoms with van der Waals surface area (Å²) in [6.45, 7) is 8.13. The number of aryl methyl sites for hydroxylation is 3. The lowest BCUT2D eigenvalue weighted by Crippen LogP contribution is -2.27. The van der Waals surface area contributed by atoms with Gasteiger partial charge in [-0.1, -0.05) is 0 Å². The first-order valence-corrected chi connectivity index (χ1v) is 7.38. The van der Waals surface area contributed by atoms with Gasteiger partial charge in [0.15, 0.2) is 0 Å². The molecule has 0 atom stereocenters. The number of amides is 1. The summed E-state index contributed by atoms with van der Waals surface area (Å²) < 4.78 is 7.21. The van der Waals surface area contributed by atoms with Gasteiger partial charge in [0.25, 0.3) is 5.91 Å². The molecule has 0 aliphatic rings. The highest BCUT2D eigenvalue weighted by Crippen LogP contribution is 2.19. The van der Waals surface area contributed by atoms with Gasteiger partial charge in [0, 0.05) is 19.3 Å². The van der Waals surface area contributed by atoms with Crippen LogP contribution in [-0.4, -0.2) is 38.7 Å². The van der Waals surface area contributed by atoms with Crippen LogP contribution in [0.5, 0.6) is 0 Å². The number of carboxylic acids is 1. The first kappa shape index (κ1) is 16.8. The van der Waals surface area contributed by atoms with Crippen molar-refractivity contribution in [3.63, 3.8) is 0 Å². The Kier molecular flexibility index (Phi) is 4.58. The highest BCUT2D eigenvalue weighted by Gasteiger charge is 2.23. The monoisotopic (exact) mass is 319 g/mol. The maximum absolute atomic E-state index is 12.7. The summed E-state index contributed by atoms with van der Waals surface area (Å²) in [5.74, 6) is -0.429. The Hall–Kier alpha value is -2.57. The van der Waals surface area contributed by atoms with Crippen LogP contribution in [0.2, 0.25) is 0 Å². The van der Waals surface area contributed by atoms with E-state index in [-0.39, 0.29) is 18.0 Å². The van der Waals surface area contributed by atoms with E-state index in [4.69, 9.17) is 9.52 Å². The highest BCUT2D eigenvalue weighted by molar-refractivity contribution is 5.96. The molecule has 0 saturated carbocycles. The molecule has 0 radical (unpaired) electrons. The maximum Gasteiger partial charge on any atom is 0.339 e. The van der Waals surface area contributed by atoms with E-state index in [1.54, 1.807) is 25.6 Å². The van der Waals surface area contributed by atoms with E-state index in [0.29, 0.717) is 29.3 Å². The van der Waals surface area contributed by atoms with Crippen molar-refractivity contribution in [2.45, 2.75) is 40.8 Å². The van der Waals surface area contributed by atoms with Crippen molar-refractivity contribution in [2.24, 2.45) is 0 Å². The largest absolute Gasteiger partial charge is 0.478 e. The number of rotatable bonds is 5. The minimum atomic E-state index is -1.04. The predicted octanol–water partition coefficient (Wildman–Crippen LogP) is 2.39. The van der Waals surface area contributed by atoms with Crippen molar-refractivity contribution >= 4 is 11.9 Å². The number of aromatic carboxylic acids is 1. The van der Waals surface area contributed by atoms with Crippen molar-refractivity contribution in [1.82, 2.24) is 14.7 Å². The van der Waals surface area contributed by atoms with Crippen molar-refractivity contribution < 1.29 is 19.1 Å². The van der Waals surface area contributed by atoms with E-state index in [2.05, 4.69) is 5.10 Å². The van der Waals surface area contributed by atoms with Crippen LogP contribution in [0.3, 0.4) is 0 Å². The zero-order chi connectivity index (χ0) is 17.3. The zero-order valence-electron chi connectivity index (χ0n) is 14.0. The van der Waals surface area contributed by atoms with Crippen LogP contribution in [0.4, 0.5) is 0 Å². The third-order valence-electron chi connectivity index (χ3n) is 3.83. The smallest absolute Gasteiger partial charge is 0.339 e. The van der Waals surface area contributed by atoms with E-state index >= 15 is 0 Å². The summed E-state index contributed by atoms with van der Waals surface area (Å²) in [7, 11) is 1.66. The lowest BCUT2D eigenvalue weighted by molar-refractivity contribution is 0.0694. The molecule has 7 heteroatoms. The molecule has 23 heavy (non-hydrogen) atoms. The standard InChI is InChI=1S/C16H21N3O4/c1-6-19-10(3)14(9(2)17-19)15(20)18(5)8-12-7-13(16(21)22)11(4)23-12/h7H,6,8H2,1-5H3,(H,21,22). The molecule has 0 aliphatic heterocycles. The second kappa shape index (κ2) is 6.28. The van der Waals surface area contributed by atoms with Gasteiger partial charge in [-0.25, -0.2) is 4.79 Å². The van der Waals surface area contributed by atoms with Crippen LogP contribution < -0.4 is 0 Å². The van der Waals surface area contributed by atoms with Gasteiger partial charge in [-0.2, -0.15) is 5.10 Å². The quantitative estimate of drug-likeness (QED) is 0.914. The summed E-state index contributed by atoms with van der Waals surface area (Å²) in [6, 6.07) is 1.45. The molecule has 1 amide bonds. The Bertz CT molecular complexity index is 758. The molecule has 0 spiro atoms. The maximum atomic E-state index is 12.7. The Morgan fingerprint density at radius 3 is 2.48 bits per heavy atom. The number of carbonyl (C=O) groups excluding carboxylic acids is 1. The van der Waals surface area contributed by atoms with Crippen molar-refractivity contribution in [3.8, 4) is 0 Å².